The third kappa shape index (κ3) is 3.12. The minimum absolute atomic E-state index is 0.0137. The summed E-state index contributed by atoms with van der Waals surface area (Å²) in [6.45, 7) is 2.98. The molecule has 0 aromatic heterocycles. The number of hydrogen-bond donors (Lipinski definition) is 1. The van der Waals surface area contributed by atoms with Crippen molar-refractivity contribution in [1.29, 1.82) is 0 Å². The number of aliphatic carboxylic acids is 1. The summed E-state index contributed by atoms with van der Waals surface area (Å²) in [6, 6.07) is 1.47. The number of carboxylic acids is 1. The quantitative estimate of drug-likeness (QED) is 0.918. The molecule has 0 radical (unpaired) electrons. The first-order chi connectivity index (χ1) is 10.1. The number of rotatable bonds is 3. The predicted molar refractivity (Wildman–Crippen MR) is 74.8 cm³/mol. The van der Waals surface area contributed by atoms with E-state index in [9.17, 15) is 22.0 Å². The monoisotopic (exact) mass is 333 g/mol. The lowest BCUT2D eigenvalue weighted by molar-refractivity contribution is -0.143. The minimum Gasteiger partial charge on any atom is -0.481 e. The number of sulfonamides is 1. The lowest BCUT2D eigenvalue weighted by atomic mass is 9.92. The zero-order chi connectivity index (χ0) is 16.7. The van der Waals surface area contributed by atoms with Gasteiger partial charge in [-0.05, 0) is 30.9 Å². The molecule has 1 aromatic carbocycles. The van der Waals surface area contributed by atoms with Crippen LogP contribution in [0.25, 0.3) is 0 Å². The van der Waals surface area contributed by atoms with E-state index in [0.29, 0.717) is 12.5 Å². The molecule has 1 aliphatic rings. The number of aryl methyl sites for hydroxylation is 1. The summed E-state index contributed by atoms with van der Waals surface area (Å²) in [7, 11) is -4.20. The second-order valence-electron chi connectivity index (χ2n) is 5.73. The summed E-state index contributed by atoms with van der Waals surface area (Å²) in [5, 5.41) is 9.10. The second kappa shape index (κ2) is 5.92. The van der Waals surface area contributed by atoms with Crippen molar-refractivity contribution in [2.24, 2.45) is 11.8 Å². The molecule has 5 nitrogen and oxygen atoms in total. The fraction of sp³-hybridized carbons (Fsp3) is 0.500. The van der Waals surface area contributed by atoms with Gasteiger partial charge in [-0.25, -0.2) is 17.2 Å². The smallest absolute Gasteiger partial charge is 0.307 e. The molecule has 0 spiro atoms. The summed E-state index contributed by atoms with van der Waals surface area (Å²) in [6.07, 6.45) is 0.367. The first kappa shape index (κ1) is 16.8. The van der Waals surface area contributed by atoms with E-state index in [1.165, 1.54) is 6.92 Å². The normalized spacial score (nSPS) is 23.5. The van der Waals surface area contributed by atoms with Gasteiger partial charge in [0, 0.05) is 19.2 Å². The standard InChI is InChI=1S/C14H17F2NO4S/c1-8-3-10(14(18)19)7-17(6-8)22(20,21)13-4-9(2)11(15)5-12(13)16/h4-5,8,10H,3,6-7H2,1-2H3,(H,18,19). The maximum Gasteiger partial charge on any atom is 0.307 e. The molecule has 1 aromatic rings. The Morgan fingerprint density at radius 2 is 1.91 bits per heavy atom. The molecule has 1 heterocycles. The number of carbonyl (C=O) groups is 1. The molecule has 0 bridgehead atoms. The maximum absolute atomic E-state index is 13.9. The Morgan fingerprint density at radius 3 is 2.50 bits per heavy atom. The largest absolute Gasteiger partial charge is 0.481 e. The van der Waals surface area contributed by atoms with Crippen LogP contribution in [-0.2, 0) is 14.8 Å². The molecule has 2 unspecified atom stereocenters. The van der Waals surface area contributed by atoms with Crippen LogP contribution in [0.5, 0.6) is 0 Å². The first-order valence-electron chi connectivity index (χ1n) is 6.81. The van der Waals surface area contributed by atoms with E-state index in [4.69, 9.17) is 5.11 Å². The van der Waals surface area contributed by atoms with Gasteiger partial charge in [-0.15, -0.1) is 0 Å². The molecule has 122 valence electrons. The van der Waals surface area contributed by atoms with Crippen molar-refractivity contribution in [3.05, 3.63) is 29.3 Å². The molecule has 1 aliphatic heterocycles. The Bertz CT molecular complexity index is 705. The summed E-state index contributed by atoms with van der Waals surface area (Å²) < 4.78 is 53.2. The second-order valence-corrected chi connectivity index (χ2v) is 7.64. The van der Waals surface area contributed by atoms with E-state index in [1.807, 2.05) is 0 Å². The van der Waals surface area contributed by atoms with E-state index in [-0.39, 0.29) is 24.6 Å². The van der Waals surface area contributed by atoms with Crippen LogP contribution < -0.4 is 0 Å². The SMILES string of the molecule is Cc1cc(S(=O)(=O)N2CC(C)CC(C(=O)O)C2)c(F)cc1F. The molecule has 2 atom stereocenters. The van der Waals surface area contributed by atoms with Crippen LogP contribution in [-0.4, -0.2) is 36.9 Å². The molecule has 0 amide bonds. The third-order valence-electron chi connectivity index (χ3n) is 3.81. The van der Waals surface area contributed by atoms with Crippen molar-refractivity contribution in [1.82, 2.24) is 4.31 Å². The molecule has 22 heavy (non-hydrogen) atoms. The van der Waals surface area contributed by atoms with Gasteiger partial charge >= 0.3 is 5.97 Å². The zero-order valence-corrected chi connectivity index (χ0v) is 13.0. The summed E-state index contributed by atoms with van der Waals surface area (Å²) >= 11 is 0. The number of nitrogens with zero attached hydrogens (tertiary/aromatic N) is 1. The molecule has 0 aliphatic carbocycles. The van der Waals surface area contributed by atoms with E-state index < -0.39 is 38.4 Å². The number of piperidine rings is 1. The maximum atomic E-state index is 13.9. The Kier molecular flexibility index (Phi) is 4.53. The van der Waals surface area contributed by atoms with Crippen LogP contribution in [0.4, 0.5) is 8.78 Å². The predicted octanol–water partition coefficient (Wildman–Crippen LogP) is 2.00. The zero-order valence-electron chi connectivity index (χ0n) is 12.2. The van der Waals surface area contributed by atoms with E-state index in [1.54, 1.807) is 6.92 Å². The molecular weight excluding hydrogens is 316 g/mol. The van der Waals surface area contributed by atoms with Crippen molar-refractivity contribution < 1.29 is 27.1 Å². The van der Waals surface area contributed by atoms with Gasteiger partial charge in [-0.3, -0.25) is 4.79 Å². The van der Waals surface area contributed by atoms with Crippen LogP contribution in [0.1, 0.15) is 18.9 Å². The van der Waals surface area contributed by atoms with Crippen molar-refractivity contribution in [2.45, 2.75) is 25.2 Å². The van der Waals surface area contributed by atoms with Crippen LogP contribution in [0, 0.1) is 30.4 Å². The van der Waals surface area contributed by atoms with Gasteiger partial charge < -0.3 is 5.11 Å². The van der Waals surface area contributed by atoms with Crippen LogP contribution >= 0.6 is 0 Å². The van der Waals surface area contributed by atoms with Gasteiger partial charge in [0.05, 0.1) is 5.92 Å². The topological polar surface area (TPSA) is 74.7 Å². The van der Waals surface area contributed by atoms with E-state index in [0.717, 1.165) is 10.4 Å². The Labute approximate surface area is 127 Å². The highest BCUT2D eigenvalue weighted by Crippen LogP contribution is 2.29. The summed E-state index contributed by atoms with van der Waals surface area (Å²) in [5.41, 5.74) is 0.0137. The average Bonchev–Trinajstić information content (AvgIpc) is 2.41. The molecule has 1 N–H and O–H groups in total. The summed E-state index contributed by atoms with van der Waals surface area (Å²) in [4.78, 5) is 10.5. The Morgan fingerprint density at radius 1 is 1.27 bits per heavy atom. The van der Waals surface area contributed by atoms with Crippen molar-refractivity contribution in [2.75, 3.05) is 13.1 Å². The highest BCUT2D eigenvalue weighted by Gasteiger charge is 2.37. The van der Waals surface area contributed by atoms with Crippen molar-refractivity contribution >= 4 is 16.0 Å². The number of benzene rings is 1. The molecule has 8 heteroatoms. The highest BCUT2D eigenvalue weighted by molar-refractivity contribution is 7.89. The third-order valence-corrected chi connectivity index (χ3v) is 5.65. The van der Waals surface area contributed by atoms with Crippen molar-refractivity contribution in [3.63, 3.8) is 0 Å². The van der Waals surface area contributed by atoms with Gasteiger partial charge in [0.1, 0.15) is 16.5 Å². The number of hydrogen-bond acceptors (Lipinski definition) is 3. The fourth-order valence-corrected chi connectivity index (χ4v) is 4.38. The number of carboxylic acid groups (broad SMARTS) is 1. The lowest BCUT2D eigenvalue weighted by Crippen LogP contribution is -2.45. The van der Waals surface area contributed by atoms with Gasteiger partial charge in [0.15, 0.2) is 0 Å². The van der Waals surface area contributed by atoms with Crippen molar-refractivity contribution in [3.8, 4) is 0 Å². The van der Waals surface area contributed by atoms with Crippen LogP contribution in [0.15, 0.2) is 17.0 Å². The number of halogens is 2. The van der Waals surface area contributed by atoms with Gasteiger partial charge in [0.25, 0.3) is 0 Å². The fourth-order valence-electron chi connectivity index (χ4n) is 2.65. The molecule has 1 saturated heterocycles. The first-order valence-corrected chi connectivity index (χ1v) is 8.25. The molecular formula is C14H17F2NO4S. The molecule has 0 saturated carbocycles. The van der Waals surface area contributed by atoms with Crippen LogP contribution in [0.2, 0.25) is 0 Å². The van der Waals surface area contributed by atoms with E-state index in [2.05, 4.69) is 0 Å². The Hall–Kier alpha value is -1.54. The van der Waals surface area contributed by atoms with Gasteiger partial charge in [-0.2, -0.15) is 4.31 Å². The molecule has 2 rings (SSSR count). The summed E-state index contributed by atoms with van der Waals surface area (Å²) in [5.74, 6) is -4.07. The minimum atomic E-state index is -4.20. The van der Waals surface area contributed by atoms with Gasteiger partial charge in [0.2, 0.25) is 10.0 Å². The lowest BCUT2D eigenvalue weighted by Gasteiger charge is -2.33. The van der Waals surface area contributed by atoms with E-state index >= 15 is 0 Å². The highest BCUT2D eigenvalue weighted by atomic mass is 32.2. The van der Waals surface area contributed by atoms with Crippen LogP contribution in [0.3, 0.4) is 0 Å². The average molecular weight is 333 g/mol. The van der Waals surface area contributed by atoms with Gasteiger partial charge in [-0.1, -0.05) is 6.92 Å². The Balaban J connectivity index is 2.42. The molecule has 1 fully saturated rings.